The number of aromatic nitrogens is 2. The highest BCUT2D eigenvalue weighted by atomic mass is 16.5. The third-order valence-corrected chi connectivity index (χ3v) is 2.34. The Morgan fingerprint density at radius 3 is 2.83 bits per heavy atom. The smallest absolute Gasteiger partial charge is 0.227 e. The Labute approximate surface area is 70.6 Å². The van der Waals surface area contributed by atoms with Crippen LogP contribution in [0.1, 0.15) is 31.0 Å². The van der Waals surface area contributed by atoms with Gasteiger partial charge in [0.1, 0.15) is 6.61 Å². The Morgan fingerprint density at radius 1 is 1.50 bits per heavy atom. The summed E-state index contributed by atoms with van der Waals surface area (Å²) in [7, 11) is 0. The summed E-state index contributed by atoms with van der Waals surface area (Å²) in [6, 6.07) is 0. The molecule has 0 bridgehead atoms. The van der Waals surface area contributed by atoms with Crippen molar-refractivity contribution in [3.63, 3.8) is 0 Å². The minimum atomic E-state index is -0.131. The molecule has 0 unspecified atom stereocenters. The Morgan fingerprint density at radius 2 is 2.33 bits per heavy atom. The SMILES string of the molecule is OCc1noc(CC2CCC2)n1. The zero-order chi connectivity index (χ0) is 8.39. The predicted octanol–water partition coefficient (Wildman–Crippen LogP) is 0.905. The minimum absolute atomic E-state index is 0.131. The molecular weight excluding hydrogens is 156 g/mol. The largest absolute Gasteiger partial charge is 0.388 e. The summed E-state index contributed by atoms with van der Waals surface area (Å²) in [5.74, 6) is 1.80. The van der Waals surface area contributed by atoms with Crippen LogP contribution in [-0.2, 0) is 13.0 Å². The van der Waals surface area contributed by atoms with E-state index in [0.29, 0.717) is 11.7 Å². The van der Waals surface area contributed by atoms with E-state index >= 15 is 0 Å². The summed E-state index contributed by atoms with van der Waals surface area (Å²) in [4.78, 5) is 4.02. The lowest BCUT2D eigenvalue weighted by molar-refractivity contribution is 0.257. The Kier molecular flexibility index (Phi) is 2.08. The van der Waals surface area contributed by atoms with Crippen molar-refractivity contribution >= 4 is 0 Å². The zero-order valence-corrected chi connectivity index (χ0v) is 6.86. The molecule has 4 nitrogen and oxygen atoms in total. The van der Waals surface area contributed by atoms with Gasteiger partial charge in [0.15, 0.2) is 5.82 Å². The fraction of sp³-hybridized carbons (Fsp3) is 0.750. The van der Waals surface area contributed by atoms with E-state index in [2.05, 4.69) is 10.1 Å². The maximum Gasteiger partial charge on any atom is 0.227 e. The molecule has 0 spiro atoms. The highest BCUT2D eigenvalue weighted by molar-refractivity contribution is 4.88. The molecule has 1 heterocycles. The van der Waals surface area contributed by atoms with Gasteiger partial charge in [-0.1, -0.05) is 11.6 Å². The maximum atomic E-state index is 8.67. The molecule has 0 aliphatic heterocycles. The summed E-state index contributed by atoms with van der Waals surface area (Å²) >= 11 is 0. The molecule has 0 atom stereocenters. The van der Waals surface area contributed by atoms with E-state index in [9.17, 15) is 0 Å². The van der Waals surface area contributed by atoms with Crippen LogP contribution in [0.4, 0.5) is 0 Å². The maximum absolute atomic E-state index is 8.67. The van der Waals surface area contributed by atoms with Crippen molar-refractivity contribution in [2.45, 2.75) is 32.3 Å². The molecule has 1 aliphatic rings. The molecule has 1 N–H and O–H groups in total. The third kappa shape index (κ3) is 1.48. The molecule has 0 aromatic carbocycles. The second-order valence-electron chi connectivity index (χ2n) is 3.26. The topological polar surface area (TPSA) is 59.2 Å². The minimum Gasteiger partial charge on any atom is -0.388 e. The molecule has 66 valence electrons. The van der Waals surface area contributed by atoms with E-state index < -0.39 is 0 Å². The Balaban J connectivity index is 1.93. The van der Waals surface area contributed by atoms with Gasteiger partial charge in [0.05, 0.1) is 0 Å². The van der Waals surface area contributed by atoms with Gasteiger partial charge in [-0.2, -0.15) is 4.98 Å². The van der Waals surface area contributed by atoms with Crippen molar-refractivity contribution < 1.29 is 9.63 Å². The van der Waals surface area contributed by atoms with Crippen molar-refractivity contribution in [3.05, 3.63) is 11.7 Å². The van der Waals surface area contributed by atoms with Crippen LogP contribution in [0.2, 0.25) is 0 Å². The van der Waals surface area contributed by atoms with Crippen LogP contribution >= 0.6 is 0 Å². The summed E-state index contributed by atoms with van der Waals surface area (Å²) in [5.41, 5.74) is 0. The van der Waals surface area contributed by atoms with Crippen molar-refractivity contribution in [1.29, 1.82) is 0 Å². The number of aliphatic hydroxyl groups is 1. The summed E-state index contributed by atoms with van der Waals surface area (Å²) in [5, 5.41) is 12.3. The van der Waals surface area contributed by atoms with Gasteiger partial charge in [-0.25, -0.2) is 0 Å². The van der Waals surface area contributed by atoms with Crippen LogP contribution in [-0.4, -0.2) is 15.2 Å². The average molecular weight is 168 g/mol. The van der Waals surface area contributed by atoms with Crippen LogP contribution < -0.4 is 0 Å². The molecule has 1 fully saturated rings. The molecule has 0 amide bonds. The van der Waals surface area contributed by atoms with Crippen LogP contribution in [0.3, 0.4) is 0 Å². The van der Waals surface area contributed by atoms with Gasteiger partial charge in [0.2, 0.25) is 5.89 Å². The highest BCUT2D eigenvalue weighted by Gasteiger charge is 2.20. The summed E-state index contributed by atoms with van der Waals surface area (Å²) < 4.78 is 4.94. The Hall–Kier alpha value is -0.900. The number of rotatable bonds is 3. The Bertz CT molecular complexity index is 255. The fourth-order valence-corrected chi connectivity index (χ4v) is 1.38. The van der Waals surface area contributed by atoms with E-state index in [1.807, 2.05) is 0 Å². The monoisotopic (exact) mass is 168 g/mol. The molecule has 1 saturated carbocycles. The number of hydrogen-bond donors (Lipinski definition) is 1. The third-order valence-electron chi connectivity index (χ3n) is 2.34. The second kappa shape index (κ2) is 3.23. The second-order valence-corrected chi connectivity index (χ2v) is 3.26. The van der Waals surface area contributed by atoms with E-state index in [4.69, 9.17) is 9.63 Å². The van der Waals surface area contributed by atoms with Gasteiger partial charge < -0.3 is 9.63 Å². The van der Waals surface area contributed by atoms with Gasteiger partial charge in [-0.3, -0.25) is 0 Å². The van der Waals surface area contributed by atoms with Gasteiger partial charge in [0.25, 0.3) is 0 Å². The molecule has 4 heteroatoms. The lowest BCUT2D eigenvalue weighted by Crippen LogP contribution is -2.13. The first-order valence-electron chi connectivity index (χ1n) is 4.31. The first-order valence-corrected chi connectivity index (χ1v) is 4.31. The number of hydrogen-bond acceptors (Lipinski definition) is 4. The predicted molar refractivity (Wildman–Crippen MR) is 41.3 cm³/mol. The quantitative estimate of drug-likeness (QED) is 0.728. The normalized spacial score (nSPS) is 17.8. The number of aliphatic hydroxyl groups excluding tert-OH is 1. The van der Waals surface area contributed by atoms with Gasteiger partial charge in [-0.15, -0.1) is 0 Å². The van der Waals surface area contributed by atoms with E-state index in [1.54, 1.807) is 0 Å². The van der Waals surface area contributed by atoms with Crippen LogP contribution in [0.25, 0.3) is 0 Å². The van der Waals surface area contributed by atoms with E-state index in [0.717, 1.165) is 12.3 Å². The molecule has 0 saturated heterocycles. The standard InChI is InChI=1S/C8H12N2O2/c11-5-7-9-8(12-10-7)4-6-2-1-3-6/h6,11H,1-5H2. The van der Waals surface area contributed by atoms with E-state index in [1.165, 1.54) is 19.3 Å². The zero-order valence-electron chi connectivity index (χ0n) is 6.86. The van der Waals surface area contributed by atoms with Gasteiger partial charge >= 0.3 is 0 Å². The molecule has 1 aliphatic carbocycles. The molecule has 0 radical (unpaired) electrons. The molecule has 12 heavy (non-hydrogen) atoms. The van der Waals surface area contributed by atoms with E-state index in [-0.39, 0.29) is 6.61 Å². The lowest BCUT2D eigenvalue weighted by atomic mass is 9.83. The molecule has 1 aromatic heterocycles. The average Bonchev–Trinajstić information content (AvgIpc) is 2.44. The van der Waals surface area contributed by atoms with Crippen molar-refractivity contribution in [2.75, 3.05) is 0 Å². The van der Waals surface area contributed by atoms with Gasteiger partial charge in [-0.05, 0) is 18.8 Å². The van der Waals surface area contributed by atoms with Crippen LogP contribution in [0.5, 0.6) is 0 Å². The van der Waals surface area contributed by atoms with Gasteiger partial charge in [0, 0.05) is 6.42 Å². The highest BCUT2D eigenvalue weighted by Crippen LogP contribution is 2.29. The first-order chi connectivity index (χ1) is 5.88. The lowest BCUT2D eigenvalue weighted by Gasteiger charge is -2.23. The summed E-state index contributed by atoms with van der Waals surface area (Å²) in [6.07, 6.45) is 4.76. The molecule has 1 aromatic rings. The summed E-state index contributed by atoms with van der Waals surface area (Å²) in [6.45, 7) is -0.131. The van der Waals surface area contributed by atoms with Crippen molar-refractivity contribution in [3.8, 4) is 0 Å². The van der Waals surface area contributed by atoms with Crippen LogP contribution in [0, 0.1) is 5.92 Å². The molecule has 2 rings (SSSR count). The van der Waals surface area contributed by atoms with Crippen molar-refractivity contribution in [2.24, 2.45) is 5.92 Å². The molecular formula is C8H12N2O2. The fourth-order valence-electron chi connectivity index (χ4n) is 1.38. The number of nitrogens with zero attached hydrogens (tertiary/aromatic N) is 2. The van der Waals surface area contributed by atoms with Crippen molar-refractivity contribution in [1.82, 2.24) is 10.1 Å². The first kappa shape index (κ1) is 7.73. The van der Waals surface area contributed by atoms with Crippen LogP contribution in [0.15, 0.2) is 4.52 Å².